The van der Waals surface area contributed by atoms with Crippen LogP contribution in [0.4, 0.5) is 32.0 Å². The second kappa shape index (κ2) is 9.32. The van der Waals surface area contributed by atoms with Gasteiger partial charge in [-0.1, -0.05) is 11.8 Å². The Labute approximate surface area is 175 Å². The van der Waals surface area contributed by atoms with Crippen molar-refractivity contribution in [3.8, 4) is 11.5 Å². The number of carbonyl (C=O) groups excluding carboxylic acids is 1. The third-order valence-electron chi connectivity index (χ3n) is 3.44. The highest BCUT2D eigenvalue weighted by Crippen LogP contribution is 2.33. The van der Waals surface area contributed by atoms with Crippen molar-refractivity contribution in [1.29, 1.82) is 0 Å². The number of aromatic hydroxyl groups is 1. The van der Waals surface area contributed by atoms with Gasteiger partial charge in [-0.05, 0) is 31.9 Å². The molecule has 0 aliphatic carbocycles. The van der Waals surface area contributed by atoms with E-state index in [1.807, 2.05) is 0 Å². The number of halogens is 6. The van der Waals surface area contributed by atoms with Crippen molar-refractivity contribution >= 4 is 36.1 Å². The first kappa shape index (κ1) is 24.1. The zero-order valence-electron chi connectivity index (χ0n) is 15.6. The number of imidazole rings is 1. The summed E-state index contributed by atoms with van der Waals surface area (Å²) >= 11 is 0.869. The van der Waals surface area contributed by atoms with Crippen molar-refractivity contribution in [3.05, 3.63) is 35.3 Å². The number of nitrogens with zero attached hydrogens (tertiary/aromatic N) is 2. The summed E-state index contributed by atoms with van der Waals surface area (Å²) in [5.41, 5.74) is -0.954. The number of thioether (sulfide) groups is 1. The standard InChI is InChI=1S/C17H14F6N4O3S/c1-8-10(6-13(24-2)16(18,19)20)27-15(25-8)31-7-14(29)26-9-3-4-12(11(28)5-9)30-17(21,22)23/h3-6,28H,2,7H2,1H3,(H,25,27)(H,26,29)/b13-6-. The van der Waals surface area contributed by atoms with Gasteiger partial charge in [0.25, 0.3) is 0 Å². The molecule has 168 valence electrons. The van der Waals surface area contributed by atoms with Crippen molar-refractivity contribution in [3.63, 3.8) is 0 Å². The van der Waals surface area contributed by atoms with E-state index in [1.54, 1.807) is 0 Å². The Morgan fingerprint density at radius 1 is 1.35 bits per heavy atom. The minimum atomic E-state index is -4.99. The number of nitrogens with one attached hydrogen (secondary N) is 2. The van der Waals surface area contributed by atoms with Gasteiger partial charge in [-0.25, -0.2) is 4.98 Å². The van der Waals surface area contributed by atoms with Crippen LogP contribution in [0.3, 0.4) is 0 Å². The fraction of sp³-hybridized carbons (Fsp3) is 0.235. The van der Waals surface area contributed by atoms with Crippen molar-refractivity contribution in [2.24, 2.45) is 4.99 Å². The van der Waals surface area contributed by atoms with Gasteiger partial charge in [0.15, 0.2) is 16.7 Å². The number of hydrogen-bond acceptors (Lipinski definition) is 6. The molecule has 0 saturated carbocycles. The predicted molar refractivity (Wildman–Crippen MR) is 101 cm³/mol. The summed E-state index contributed by atoms with van der Waals surface area (Å²) < 4.78 is 78.5. The van der Waals surface area contributed by atoms with E-state index in [9.17, 15) is 36.2 Å². The molecule has 0 radical (unpaired) electrons. The van der Waals surface area contributed by atoms with E-state index >= 15 is 0 Å². The van der Waals surface area contributed by atoms with E-state index in [-0.39, 0.29) is 22.3 Å². The van der Waals surface area contributed by atoms with Gasteiger partial charge in [0.2, 0.25) is 5.91 Å². The fourth-order valence-corrected chi connectivity index (χ4v) is 2.87. The van der Waals surface area contributed by atoms with Crippen LogP contribution in [-0.4, -0.2) is 46.0 Å². The molecule has 1 heterocycles. The highest BCUT2D eigenvalue weighted by molar-refractivity contribution is 7.99. The molecule has 1 aromatic heterocycles. The number of amides is 1. The number of ether oxygens (including phenoxy) is 1. The van der Waals surface area contributed by atoms with Gasteiger partial charge >= 0.3 is 12.5 Å². The first-order valence-corrected chi connectivity index (χ1v) is 9.10. The summed E-state index contributed by atoms with van der Waals surface area (Å²) in [7, 11) is 0. The minimum absolute atomic E-state index is 0.00347. The Morgan fingerprint density at radius 2 is 2.03 bits per heavy atom. The van der Waals surface area contributed by atoms with Crippen LogP contribution in [0, 0.1) is 6.92 Å². The van der Waals surface area contributed by atoms with Gasteiger partial charge in [0, 0.05) is 17.4 Å². The number of phenolic OH excluding ortho intramolecular Hbond substituents is 1. The summed E-state index contributed by atoms with van der Waals surface area (Å²) in [6.45, 7) is 4.35. The average molecular weight is 468 g/mol. The van der Waals surface area contributed by atoms with Crippen molar-refractivity contribution < 1.29 is 41.0 Å². The first-order valence-electron chi connectivity index (χ1n) is 8.12. The van der Waals surface area contributed by atoms with Crippen LogP contribution in [0.15, 0.2) is 34.0 Å². The molecule has 7 nitrogen and oxygen atoms in total. The third-order valence-corrected chi connectivity index (χ3v) is 4.32. The molecule has 0 unspecified atom stereocenters. The summed E-state index contributed by atoms with van der Waals surface area (Å²) in [6, 6.07) is 2.78. The molecule has 0 spiro atoms. The SMILES string of the molecule is C=N/C(=C\c1nc(SCC(=O)Nc2ccc(OC(F)(F)F)c(O)c2)[nH]c1C)C(F)(F)F. The van der Waals surface area contributed by atoms with E-state index < -0.39 is 35.6 Å². The molecule has 0 bridgehead atoms. The van der Waals surface area contributed by atoms with E-state index in [0.29, 0.717) is 11.8 Å². The second-order valence-corrected chi connectivity index (χ2v) is 6.77. The molecule has 0 aliphatic heterocycles. The number of allylic oxidation sites excluding steroid dienone is 1. The lowest BCUT2D eigenvalue weighted by atomic mass is 10.3. The number of rotatable bonds is 7. The number of alkyl halides is 6. The van der Waals surface area contributed by atoms with Crippen molar-refractivity contribution in [1.82, 2.24) is 9.97 Å². The number of anilines is 1. The van der Waals surface area contributed by atoms with Crippen LogP contribution < -0.4 is 10.1 Å². The molecule has 2 aromatic rings. The predicted octanol–water partition coefficient (Wildman–Crippen LogP) is 4.66. The molecule has 31 heavy (non-hydrogen) atoms. The van der Waals surface area contributed by atoms with E-state index in [2.05, 4.69) is 31.7 Å². The lowest BCUT2D eigenvalue weighted by molar-refractivity contribution is -0.275. The molecule has 1 aromatic carbocycles. The maximum Gasteiger partial charge on any atom is 0.573 e. The van der Waals surface area contributed by atoms with Gasteiger partial charge in [-0.2, -0.15) is 13.2 Å². The fourth-order valence-electron chi connectivity index (χ4n) is 2.14. The zero-order chi connectivity index (χ0) is 23.4. The van der Waals surface area contributed by atoms with Crippen molar-refractivity contribution in [2.45, 2.75) is 24.6 Å². The lowest BCUT2D eigenvalue weighted by Gasteiger charge is -2.11. The Hall–Kier alpha value is -3.16. The van der Waals surface area contributed by atoms with Crippen LogP contribution in [-0.2, 0) is 4.79 Å². The Balaban J connectivity index is 2.00. The number of carbonyl (C=O) groups is 1. The summed E-state index contributed by atoms with van der Waals surface area (Å²) in [4.78, 5) is 21.6. The highest BCUT2D eigenvalue weighted by atomic mass is 32.2. The van der Waals surface area contributed by atoms with Gasteiger partial charge in [0.05, 0.1) is 11.4 Å². The van der Waals surface area contributed by atoms with E-state index in [4.69, 9.17) is 0 Å². The number of benzene rings is 1. The molecule has 14 heteroatoms. The molecule has 0 saturated heterocycles. The minimum Gasteiger partial charge on any atom is -0.504 e. The molecule has 1 amide bonds. The normalized spacial score (nSPS) is 12.5. The first-order chi connectivity index (χ1) is 14.3. The highest BCUT2D eigenvalue weighted by Gasteiger charge is 2.34. The average Bonchev–Trinajstić information content (AvgIpc) is 2.98. The summed E-state index contributed by atoms with van der Waals surface area (Å²) in [5, 5.41) is 12.1. The molecule has 0 atom stereocenters. The maximum absolute atomic E-state index is 12.8. The molecule has 2 rings (SSSR count). The number of phenols is 1. The Kier molecular flexibility index (Phi) is 7.25. The summed E-state index contributed by atoms with van der Waals surface area (Å²) in [5.74, 6) is -2.51. The zero-order valence-corrected chi connectivity index (χ0v) is 16.4. The molecule has 3 N–H and O–H groups in total. The number of H-pyrrole nitrogens is 1. The number of aryl methyl sites for hydroxylation is 1. The van der Waals surface area contributed by atoms with E-state index in [0.717, 1.165) is 30.0 Å². The third kappa shape index (κ3) is 7.24. The van der Waals surface area contributed by atoms with Crippen LogP contribution in [0.2, 0.25) is 0 Å². The van der Waals surface area contributed by atoms with Crippen LogP contribution in [0.5, 0.6) is 11.5 Å². The van der Waals surface area contributed by atoms with E-state index in [1.165, 1.54) is 6.92 Å². The van der Waals surface area contributed by atoms with Crippen LogP contribution in [0.25, 0.3) is 6.08 Å². The lowest BCUT2D eigenvalue weighted by Crippen LogP contribution is -2.17. The second-order valence-electron chi connectivity index (χ2n) is 5.80. The van der Waals surface area contributed by atoms with Gasteiger partial charge < -0.3 is 20.1 Å². The topological polar surface area (TPSA) is 99.6 Å². The number of aromatic amines is 1. The quantitative estimate of drug-likeness (QED) is 0.312. The van der Waals surface area contributed by atoms with Crippen LogP contribution >= 0.6 is 11.8 Å². The largest absolute Gasteiger partial charge is 0.573 e. The molecular formula is C17H14F6N4O3S. The van der Waals surface area contributed by atoms with Gasteiger partial charge in [-0.3, -0.25) is 9.79 Å². The maximum atomic E-state index is 12.8. The van der Waals surface area contributed by atoms with Crippen molar-refractivity contribution in [2.75, 3.05) is 11.1 Å². The Morgan fingerprint density at radius 3 is 2.58 bits per heavy atom. The number of hydrogen-bond donors (Lipinski definition) is 3. The molecular weight excluding hydrogens is 454 g/mol. The smallest absolute Gasteiger partial charge is 0.504 e. The van der Waals surface area contributed by atoms with Crippen LogP contribution in [0.1, 0.15) is 11.4 Å². The number of aliphatic imine (C=N–C) groups is 1. The van der Waals surface area contributed by atoms with Gasteiger partial charge in [0.1, 0.15) is 5.70 Å². The summed E-state index contributed by atoms with van der Waals surface area (Å²) in [6.07, 6.45) is -8.99. The molecule has 0 fully saturated rings. The monoisotopic (exact) mass is 468 g/mol. The van der Waals surface area contributed by atoms with Gasteiger partial charge in [-0.15, -0.1) is 13.2 Å². The molecule has 0 aliphatic rings. The Bertz CT molecular complexity index is 1000. The number of aromatic nitrogens is 2.